The minimum absolute atomic E-state index is 0.0215. The van der Waals surface area contributed by atoms with Crippen molar-refractivity contribution in [3.8, 4) is 0 Å². The van der Waals surface area contributed by atoms with Gasteiger partial charge in [0, 0.05) is 0 Å². The molecule has 0 atom stereocenters. The van der Waals surface area contributed by atoms with E-state index >= 15 is 0 Å². The molecule has 0 saturated carbocycles. The van der Waals surface area contributed by atoms with Crippen LogP contribution < -0.4 is 10.5 Å². The van der Waals surface area contributed by atoms with Crippen molar-refractivity contribution in [2.24, 2.45) is 5.73 Å². The zero-order valence-corrected chi connectivity index (χ0v) is 9.95. The second kappa shape index (κ2) is 3.87. The lowest BCUT2D eigenvalue weighted by molar-refractivity contribution is 0.542. The van der Waals surface area contributed by atoms with Crippen molar-refractivity contribution in [1.29, 1.82) is 0 Å². The Morgan fingerprint density at radius 1 is 1.67 bits per heavy atom. The van der Waals surface area contributed by atoms with Crippen molar-refractivity contribution in [2.75, 3.05) is 0 Å². The first-order valence-electron chi connectivity index (χ1n) is 4.09. The Kier molecular flexibility index (Phi) is 3.12. The number of rotatable bonds is 4. The summed E-state index contributed by atoms with van der Waals surface area (Å²) in [5.74, 6) is 0. The van der Waals surface area contributed by atoms with Crippen molar-refractivity contribution in [3.05, 3.63) is 12.3 Å². The van der Waals surface area contributed by atoms with Crippen LogP contribution in [-0.2, 0) is 10.0 Å². The SMILES string of the molecule is CC(C)(NS(=O)(=O)c1ccn[nH]1)C(N)=S. The fourth-order valence-electron chi connectivity index (χ4n) is 0.834. The minimum Gasteiger partial charge on any atom is -0.392 e. The zero-order valence-electron chi connectivity index (χ0n) is 8.31. The van der Waals surface area contributed by atoms with Crippen LogP contribution in [-0.4, -0.2) is 29.1 Å². The van der Waals surface area contributed by atoms with Gasteiger partial charge in [0.15, 0.2) is 5.03 Å². The molecule has 84 valence electrons. The van der Waals surface area contributed by atoms with E-state index in [1.807, 2.05) is 0 Å². The van der Waals surface area contributed by atoms with Crippen molar-refractivity contribution in [2.45, 2.75) is 24.4 Å². The van der Waals surface area contributed by atoms with Crippen LogP contribution in [0.25, 0.3) is 0 Å². The van der Waals surface area contributed by atoms with Crippen molar-refractivity contribution < 1.29 is 8.42 Å². The molecule has 0 unspecified atom stereocenters. The average Bonchev–Trinajstić information content (AvgIpc) is 2.53. The molecule has 0 aliphatic carbocycles. The molecule has 4 N–H and O–H groups in total. The van der Waals surface area contributed by atoms with E-state index < -0.39 is 15.6 Å². The van der Waals surface area contributed by atoms with Gasteiger partial charge in [-0.25, -0.2) is 8.42 Å². The number of aromatic nitrogens is 2. The lowest BCUT2D eigenvalue weighted by atomic mass is 10.1. The second-order valence-corrected chi connectivity index (χ2v) is 5.61. The maximum absolute atomic E-state index is 11.7. The first-order valence-corrected chi connectivity index (χ1v) is 5.98. The van der Waals surface area contributed by atoms with Gasteiger partial charge in [-0.1, -0.05) is 12.2 Å². The van der Waals surface area contributed by atoms with E-state index in [2.05, 4.69) is 14.9 Å². The lowest BCUT2D eigenvalue weighted by Crippen LogP contribution is -2.52. The Labute approximate surface area is 93.3 Å². The van der Waals surface area contributed by atoms with Gasteiger partial charge < -0.3 is 5.73 Å². The molecule has 6 nitrogen and oxygen atoms in total. The molecule has 0 saturated heterocycles. The van der Waals surface area contributed by atoms with Crippen LogP contribution in [0.15, 0.2) is 17.3 Å². The molecule has 0 fully saturated rings. The second-order valence-electron chi connectivity index (χ2n) is 3.52. The number of nitrogens with zero attached hydrogens (tertiary/aromatic N) is 1. The molecule has 8 heteroatoms. The quantitative estimate of drug-likeness (QED) is 0.638. The molecule has 0 amide bonds. The highest BCUT2D eigenvalue weighted by Gasteiger charge is 2.29. The summed E-state index contributed by atoms with van der Waals surface area (Å²) in [7, 11) is -3.66. The van der Waals surface area contributed by atoms with Crippen LogP contribution in [0, 0.1) is 0 Å². The van der Waals surface area contributed by atoms with Crippen LogP contribution >= 0.6 is 12.2 Å². The molecule has 0 bridgehead atoms. The molecular weight excluding hydrogens is 236 g/mol. The van der Waals surface area contributed by atoms with Crippen LogP contribution in [0.2, 0.25) is 0 Å². The Balaban J connectivity index is 2.97. The topological polar surface area (TPSA) is 101 Å². The van der Waals surface area contributed by atoms with Gasteiger partial charge in [0.1, 0.15) is 0 Å². The molecule has 0 aromatic carbocycles. The third-order valence-electron chi connectivity index (χ3n) is 1.77. The van der Waals surface area contributed by atoms with Crippen molar-refractivity contribution in [1.82, 2.24) is 14.9 Å². The maximum Gasteiger partial charge on any atom is 0.258 e. The fourth-order valence-corrected chi connectivity index (χ4v) is 2.25. The van der Waals surface area contributed by atoms with Gasteiger partial charge in [0.05, 0.1) is 16.7 Å². The van der Waals surface area contributed by atoms with E-state index in [9.17, 15) is 8.42 Å². The van der Waals surface area contributed by atoms with Crippen LogP contribution in [0.1, 0.15) is 13.8 Å². The van der Waals surface area contributed by atoms with E-state index in [0.717, 1.165) is 0 Å². The van der Waals surface area contributed by atoms with E-state index in [0.29, 0.717) is 0 Å². The monoisotopic (exact) mass is 248 g/mol. The smallest absolute Gasteiger partial charge is 0.258 e. The summed E-state index contributed by atoms with van der Waals surface area (Å²) in [6.45, 7) is 3.17. The molecule has 0 spiro atoms. The van der Waals surface area contributed by atoms with E-state index in [-0.39, 0.29) is 10.0 Å². The fraction of sp³-hybridized carbons (Fsp3) is 0.429. The minimum atomic E-state index is -3.66. The highest BCUT2D eigenvalue weighted by atomic mass is 32.2. The summed E-state index contributed by atoms with van der Waals surface area (Å²) in [5, 5.41) is 5.89. The van der Waals surface area contributed by atoms with Crippen molar-refractivity contribution in [3.63, 3.8) is 0 Å². The summed E-state index contributed by atoms with van der Waals surface area (Å²) in [6.07, 6.45) is 1.35. The van der Waals surface area contributed by atoms with Crippen molar-refractivity contribution >= 4 is 27.2 Å². The highest BCUT2D eigenvalue weighted by Crippen LogP contribution is 2.10. The molecule has 0 aliphatic heterocycles. The van der Waals surface area contributed by atoms with Gasteiger partial charge in [0.25, 0.3) is 10.0 Å². The predicted octanol–water partition coefficient (Wildman–Crippen LogP) is -0.247. The number of aromatic amines is 1. The summed E-state index contributed by atoms with van der Waals surface area (Å²) in [6, 6.07) is 1.35. The molecule has 1 aromatic rings. The number of hydrogen-bond donors (Lipinski definition) is 3. The number of H-pyrrole nitrogens is 1. The van der Waals surface area contributed by atoms with Crippen LogP contribution in [0.4, 0.5) is 0 Å². The Morgan fingerprint density at radius 3 is 2.67 bits per heavy atom. The lowest BCUT2D eigenvalue weighted by Gasteiger charge is -2.23. The third kappa shape index (κ3) is 2.74. The van der Waals surface area contributed by atoms with Crippen LogP contribution in [0.5, 0.6) is 0 Å². The van der Waals surface area contributed by atoms with E-state index in [1.165, 1.54) is 12.3 Å². The maximum atomic E-state index is 11.7. The Morgan fingerprint density at radius 2 is 2.27 bits per heavy atom. The molecule has 0 aliphatic rings. The first-order chi connectivity index (χ1) is 6.76. The number of nitrogens with two attached hydrogens (primary N) is 1. The molecule has 1 rings (SSSR count). The molecular formula is C7H12N4O2S2. The standard InChI is InChI=1S/C7H12N4O2S2/c1-7(2,6(8)14)11-15(12,13)5-3-4-9-10-5/h3-4,11H,1-2H3,(H2,8,14)(H,9,10). The Bertz CT molecular complexity index is 449. The summed E-state index contributed by atoms with van der Waals surface area (Å²) < 4.78 is 25.8. The molecule has 1 aromatic heterocycles. The molecule has 0 radical (unpaired) electrons. The summed E-state index contributed by atoms with van der Waals surface area (Å²) in [4.78, 5) is 0.0746. The zero-order chi connectivity index (χ0) is 11.7. The van der Waals surface area contributed by atoms with Gasteiger partial charge in [-0.05, 0) is 19.9 Å². The normalized spacial score (nSPS) is 12.7. The van der Waals surface area contributed by atoms with E-state index in [4.69, 9.17) is 18.0 Å². The third-order valence-corrected chi connectivity index (χ3v) is 3.87. The van der Waals surface area contributed by atoms with Gasteiger partial charge in [-0.2, -0.15) is 9.82 Å². The largest absolute Gasteiger partial charge is 0.392 e. The van der Waals surface area contributed by atoms with Gasteiger partial charge in [-0.3, -0.25) is 5.10 Å². The first kappa shape index (κ1) is 12.1. The van der Waals surface area contributed by atoms with Gasteiger partial charge in [0.2, 0.25) is 0 Å². The summed E-state index contributed by atoms with van der Waals surface area (Å²) in [5.41, 5.74) is 4.44. The number of nitrogens with one attached hydrogen (secondary N) is 2. The van der Waals surface area contributed by atoms with Gasteiger partial charge >= 0.3 is 0 Å². The molecule has 15 heavy (non-hydrogen) atoms. The van der Waals surface area contributed by atoms with Gasteiger partial charge in [-0.15, -0.1) is 0 Å². The summed E-state index contributed by atoms with van der Waals surface area (Å²) >= 11 is 4.75. The van der Waals surface area contributed by atoms with Crippen LogP contribution in [0.3, 0.4) is 0 Å². The Hall–Kier alpha value is -0.990. The number of hydrogen-bond acceptors (Lipinski definition) is 4. The predicted molar refractivity (Wildman–Crippen MR) is 59.8 cm³/mol. The number of sulfonamides is 1. The molecule has 1 heterocycles. The number of thiocarbonyl (C=S) groups is 1. The average molecular weight is 248 g/mol. The highest BCUT2D eigenvalue weighted by molar-refractivity contribution is 7.89. The van der Waals surface area contributed by atoms with E-state index in [1.54, 1.807) is 13.8 Å².